The van der Waals surface area contributed by atoms with Crippen molar-refractivity contribution in [1.82, 2.24) is 14.8 Å². The summed E-state index contributed by atoms with van der Waals surface area (Å²) in [6.45, 7) is 3.74. The third-order valence-electron chi connectivity index (χ3n) is 6.81. The number of carbonyl (C=O) groups excluding carboxylic acids is 1. The van der Waals surface area contributed by atoms with E-state index in [2.05, 4.69) is 9.88 Å². The van der Waals surface area contributed by atoms with Gasteiger partial charge in [0, 0.05) is 49.9 Å². The minimum absolute atomic E-state index is 0.0229. The first kappa shape index (κ1) is 26.8. The Bertz CT molecular complexity index is 1540. The maximum atomic E-state index is 13.2. The highest BCUT2D eigenvalue weighted by Gasteiger charge is 2.23. The molecule has 0 saturated carbocycles. The molecule has 1 fully saturated rings. The highest BCUT2D eigenvalue weighted by molar-refractivity contribution is 7.90. The average Bonchev–Trinajstić information content (AvgIpc) is 2.96. The van der Waals surface area contributed by atoms with Crippen LogP contribution in [0, 0.1) is 0 Å². The van der Waals surface area contributed by atoms with Gasteiger partial charge in [0.25, 0.3) is 5.91 Å². The highest BCUT2D eigenvalue weighted by Crippen LogP contribution is 2.24. The van der Waals surface area contributed by atoms with Gasteiger partial charge in [0.2, 0.25) is 0 Å². The summed E-state index contributed by atoms with van der Waals surface area (Å²) in [7, 11) is -3.62. The zero-order valence-corrected chi connectivity index (χ0v) is 22.4. The summed E-state index contributed by atoms with van der Waals surface area (Å²) in [6.07, 6.45) is 1.59. The van der Waals surface area contributed by atoms with Crippen LogP contribution in [0.2, 0.25) is 0 Å². The van der Waals surface area contributed by atoms with Crippen LogP contribution in [0.1, 0.15) is 21.5 Å². The van der Waals surface area contributed by atoms with E-state index in [1.54, 1.807) is 48.7 Å². The lowest BCUT2D eigenvalue weighted by molar-refractivity contribution is 0.0628. The average molecular weight is 546 g/mol. The van der Waals surface area contributed by atoms with E-state index in [1.165, 1.54) is 0 Å². The number of aromatic nitrogens is 1. The van der Waals surface area contributed by atoms with Crippen molar-refractivity contribution >= 4 is 26.6 Å². The molecule has 0 aliphatic carbocycles. The maximum absolute atomic E-state index is 13.2. The Labute approximate surface area is 228 Å². The summed E-state index contributed by atoms with van der Waals surface area (Å²) >= 11 is 0. The number of pyridine rings is 1. The zero-order valence-electron chi connectivity index (χ0n) is 21.6. The number of hydrogen-bond acceptors (Lipinski definition) is 7. The molecular formula is C30H31N3O5S. The van der Waals surface area contributed by atoms with E-state index < -0.39 is 9.84 Å². The molecule has 2 heterocycles. The number of fused-ring (bicyclic) bond motifs is 1. The van der Waals surface area contributed by atoms with Crippen LogP contribution in [0.25, 0.3) is 10.9 Å². The maximum Gasteiger partial charge on any atom is 0.253 e. The van der Waals surface area contributed by atoms with Crippen molar-refractivity contribution in [3.05, 3.63) is 102 Å². The lowest BCUT2D eigenvalue weighted by Crippen LogP contribution is -2.48. The number of aliphatic hydroxyl groups is 1. The fourth-order valence-corrected chi connectivity index (χ4v) is 6.35. The minimum Gasteiger partial charge on any atom is -0.491 e. The van der Waals surface area contributed by atoms with Gasteiger partial charge in [-0.25, -0.2) is 8.42 Å². The second kappa shape index (κ2) is 11.9. The molecule has 0 unspecified atom stereocenters. The summed E-state index contributed by atoms with van der Waals surface area (Å²) in [5.74, 6) is 0.518. The van der Waals surface area contributed by atoms with Crippen LogP contribution in [0.5, 0.6) is 5.75 Å². The molecule has 1 aliphatic heterocycles. The molecule has 1 saturated heterocycles. The van der Waals surface area contributed by atoms with E-state index in [9.17, 15) is 13.2 Å². The molecule has 1 aliphatic rings. The second-order valence-corrected chi connectivity index (χ2v) is 11.5. The van der Waals surface area contributed by atoms with E-state index in [0.29, 0.717) is 29.7 Å². The number of carbonyl (C=O) groups is 1. The standard InChI is InChI=1S/C30H31N3O5S/c34-18-19-38-27-7-1-4-24(20-27)21-32-14-16-33(17-15-32)30(35)26-11-9-23(10-12-26)22-39(36,37)28-8-2-5-25-6-3-13-31-29(25)28/h1-13,20,34H,14-19,21-22H2. The van der Waals surface area contributed by atoms with Gasteiger partial charge in [-0.15, -0.1) is 0 Å². The molecule has 39 heavy (non-hydrogen) atoms. The highest BCUT2D eigenvalue weighted by atomic mass is 32.2. The van der Waals surface area contributed by atoms with Gasteiger partial charge in [0.1, 0.15) is 12.4 Å². The first-order valence-corrected chi connectivity index (χ1v) is 14.6. The van der Waals surface area contributed by atoms with Crippen molar-refractivity contribution in [2.75, 3.05) is 39.4 Å². The molecule has 1 amide bonds. The van der Waals surface area contributed by atoms with E-state index >= 15 is 0 Å². The molecular weight excluding hydrogens is 514 g/mol. The first-order chi connectivity index (χ1) is 18.9. The fourth-order valence-electron chi connectivity index (χ4n) is 4.81. The van der Waals surface area contributed by atoms with Crippen LogP contribution in [0.4, 0.5) is 0 Å². The topological polar surface area (TPSA) is 100 Å². The van der Waals surface area contributed by atoms with Crippen molar-refractivity contribution in [2.45, 2.75) is 17.2 Å². The molecule has 5 rings (SSSR count). The Morgan fingerprint density at radius 3 is 2.41 bits per heavy atom. The summed E-state index contributed by atoms with van der Waals surface area (Å²) in [6, 6.07) is 23.5. The fraction of sp³-hybridized carbons (Fsp3) is 0.267. The summed E-state index contributed by atoms with van der Waals surface area (Å²) in [5, 5.41) is 9.73. The number of sulfone groups is 1. The van der Waals surface area contributed by atoms with Crippen LogP contribution in [0.15, 0.2) is 90.0 Å². The van der Waals surface area contributed by atoms with Crippen LogP contribution < -0.4 is 4.74 Å². The smallest absolute Gasteiger partial charge is 0.253 e. The number of amides is 1. The number of rotatable bonds is 9. The number of para-hydroxylation sites is 1. The lowest BCUT2D eigenvalue weighted by atomic mass is 10.1. The normalized spacial score (nSPS) is 14.4. The van der Waals surface area contributed by atoms with Crippen LogP contribution in [-0.2, 0) is 22.1 Å². The second-order valence-electron chi connectivity index (χ2n) is 9.58. The van der Waals surface area contributed by atoms with E-state index in [0.717, 1.165) is 36.3 Å². The zero-order chi connectivity index (χ0) is 27.2. The lowest BCUT2D eigenvalue weighted by Gasteiger charge is -2.34. The third-order valence-corrected chi connectivity index (χ3v) is 8.53. The quantitative estimate of drug-likeness (QED) is 0.343. The molecule has 9 heteroatoms. The molecule has 4 aromatic rings. The summed E-state index contributed by atoms with van der Waals surface area (Å²) < 4.78 is 31.8. The van der Waals surface area contributed by atoms with Gasteiger partial charge < -0.3 is 14.7 Å². The molecule has 1 N–H and O–H groups in total. The number of aliphatic hydroxyl groups excluding tert-OH is 1. The van der Waals surface area contributed by atoms with E-state index in [4.69, 9.17) is 9.84 Å². The van der Waals surface area contributed by atoms with Gasteiger partial charge >= 0.3 is 0 Å². The van der Waals surface area contributed by atoms with Crippen LogP contribution in [-0.4, -0.2) is 73.6 Å². The Morgan fingerprint density at radius 1 is 0.897 bits per heavy atom. The van der Waals surface area contributed by atoms with Crippen molar-refractivity contribution in [3.63, 3.8) is 0 Å². The van der Waals surface area contributed by atoms with Gasteiger partial charge in [-0.05, 0) is 47.5 Å². The van der Waals surface area contributed by atoms with Crippen molar-refractivity contribution < 1.29 is 23.1 Å². The Kier molecular flexibility index (Phi) is 8.21. The van der Waals surface area contributed by atoms with E-state index in [-0.39, 0.29) is 29.8 Å². The van der Waals surface area contributed by atoms with Crippen molar-refractivity contribution in [3.8, 4) is 5.75 Å². The van der Waals surface area contributed by atoms with Gasteiger partial charge in [0.15, 0.2) is 9.84 Å². The molecule has 3 aromatic carbocycles. The number of ether oxygens (including phenoxy) is 1. The predicted molar refractivity (Wildman–Crippen MR) is 149 cm³/mol. The number of hydrogen-bond donors (Lipinski definition) is 1. The first-order valence-electron chi connectivity index (χ1n) is 12.9. The number of piperazine rings is 1. The molecule has 0 atom stereocenters. The Morgan fingerprint density at radius 2 is 1.64 bits per heavy atom. The Balaban J connectivity index is 1.18. The molecule has 0 bridgehead atoms. The van der Waals surface area contributed by atoms with Crippen molar-refractivity contribution in [1.29, 1.82) is 0 Å². The van der Waals surface area contributed by atoms with Crippen LogP contribution in [0.3, 0.4) is 0 Å². The van der Waals surface area contributed by atoms with Gasteiger partial charge in [0.05, 0.1) is 22.8 Å². The largest absolute Gasteiger partial charge is 0.491 e. The molecule has 8 nitrogen and oxygen atoms in total. The molecule has 202 valence electrons. The van der Waals surface area contributed by atoms with Gasteiger partial charge in [-0.3, -0.25) is 14.7 Å². The van der Waals surface area contributed by atoms with Gasteiger partial charge in [-0.2, -0.15) is 0 Å². The number of nitrogens with zero attached hydrogens (tertiary/aromatic N) is 3. The summed E-state index contributed by atoms with van der Waals surface area (Å²) in [4.78, 5) is 21.7. The molecule has 0 spiro atoms. The summed E-state index contributed by atoms with van der Waals surface area (Å²) in [5.41, 5.74) is 2.75. The monoisotopic (exact) mass is 545 g/mol. The minimum atomic E-state index is -3.62. The van der Waals surface area contributed by atoms with Crippen LogP contribution >= 0.6 is 0 Å². The molecule has 1 aromatic heterocycles. The molecule has 0 radical (unpaired) electrons. The van der Waals surface area contributed by atoms with E-state index in [1.807, 2.05) is 41.3 Å². The Hall–Kier alpha value is -3.79. The van der Waals surface area contributed by atoms with Crippen molar-refractivity contribution in [2.24, 2.45) is 0 Å². The number of benzene rings is 3. The van der Waals surface area contributed by atoms with Gasteiger partial charge in [-0.1, -0.05) is 42.5 Å². The third kappa shape index (κ3) is 6.44. The predicted octanol–water partition coefficient (Wildman–Crippen LogP) is 3.54. The SMILES string of the molecule is O=C(c1ccc(CS(=O)(=O)c2cccc3cccnc23)cc1)N1CCN(Cc2cccc(OCCO)c2)CC1.